The first-order valence-electron chi connectivity index (χ1n) is 14.7. The highest BCUT2D eigenvalue weighted by Gasteiger charge is 2.33. The largest absolute Gasteiger partial charge is 0.488 e. The maximum absolute atomic E-state index is 15.4. The molecule has 0 bridgehead atoms. The molecule has 0 saturated carbocycles. The predicted octanol–water partition coefficient (Wildman–Crippen LogP) is 1.98. The highest BCUT2D eigenvalue weighted by atomic mass is 19.1. The minimum Gasteiger partial charge on any atom is -0.488 e. The van der Waals surface area contributed by atoms with Gasteiger partial charge in [0.2, 0.25) is 5.95 Å². The topological polar surface area (TPSA) is 157 Å². The monoisotopic (exact) mass is 594 g/mol. The molecule has 0 aliphatic carbocycles. The first-order chi connectivity index (χ1) is 21.0. The van der Waals surface area contributed by atoms with Crippen molar-refractivity contribution < 1.29 is 18.6 Å². The van der Waals surface area contributed by atoms with Gasteiger partial charge in [0.15, 0.2) is 5.82 Å². The molecule has 0 amide bonds. The Bertz CT molecular complexity index is 1530. The molecule has 3 aliphatic rings. The molecule has 6 rings (SSSR count). The Balaban J connectivity index is 1.23. The van der Waals surface area contributed by atoms with E-state index in [-0.39, 0.29) is 35.8 Å². The van der Waals surface area contributed by atoms with E-state index in [0.29, 0.717) is 49.7 Å². The van der Waals surface area contributed by atoms with Crippen molar-refractivity contribution in [2.45, 2.75) is 44.2 Å². The maximum Gasteiger partial charge on any atom is 0.368 e. The number of fused-ring (bicyclic) bond motifs is 1. The number of benzene rings is 1. The molecule has 3 aromatic rings. The summed E-state index contributed by atoms with van der Waals surface area (Å²) < 4.78 is 34.4. The quantitative estimate of drug-likeness (QED) is 0.372. The van der Waals surface area contributed by atoms with Crippen LogP contribution in [-0.2, 0) is 16.5 Å². The van der Waals surface area contributed by atoms with Gasteiger partial charge < -0.3 is 29.7 Å². The SMILES string of the molecule is Cn1nnn(-c2cc(Nc3ncc(C#N)c(NCC4CCCN5CCCCC45)n3)c(F)cc2OCC2COCCO2)c1=O. The Labute approximate surface area is 247 Å². The first kappa shape index (κ1) is 29.0. The molecule has 0 spiro atoms. The van der Waals surface area contributed by atoms with Crippen molar-refractivity contribution in [3.63, 3.8) is 0 Å². The number of piperidine rings is 2. The second-order valence-electron chi connectivity index (χ2n) is 11.1. The molecule has 5 heterocycles. The number of rotatable bonds is 9. The lowest BCUT2D eigenvalue weighted by atomic mass is 9.83. The Morgan fingerprint density at radius 1 is 1.19 bits per heavy atom. The van der Waals surface area contributed by atoms with Gasteiger partial charge in [-0.1, -0.05) is 6.42 Å². The summed E-state index contributed by atoms with van der Waals surface area (Å²) in [5.41, 5.74) is -0.0928. The lowest BCUT2D eigenvalue weighted by Crippen LogP contribution is -2.49. The van der Waals surface area contributed by atoms with Gasteiger partial charge in [0.05, 0.1) is 31.7 Å². The number of hydrogen-bond acceptors (Lipinski definition) is 12. The second-order valence-corrected chi connectivity index (χ2v) is 11.1. The normalized spacial score (nSPS) is 22.4. The molecule has 14 nitrogen and oxygen atoms in total. The molecule has 2 N–H and O–H groups in total. The van der Waals surface area contributed by atoms with Crippen LogP contribution in [0.1, 0.15) is 37.7 Å². The Morgan fingerprint density at radius 2 is 2.07 bits per heavy atom. The van der Waals surface area contributed by atoms with Crippen molar-refractivity contribution in [2.75, 3.05) is 56.7 Å². The van der Waals surface area contributed by atoms with Crippen LogP contribution in [0.4, 0.5) is 21.8 Å². The van der Waals surface area contributed by atoms with Crippen LogP contribution in [0.5, 0.6) is 5.75 Å². The van der Waals surface area contributed by atoms with Crippen molar-refractivity contribution in [3.05, 3.63) is 40.2 Å². The molecular weight excluding hydrogens is 559 g/mol. The van der Waals surface area contributed by atoms with Crippen LogP contribution in [-0.4, -0.2) is 92.9 Å². The molecule has 0 radical (unpaired) electrons. The van der Waals surface area contributed by atoms with Gasteiger partial charge in [-0.15, -0.1) is 0 Å². The molecule has 1 aromatic carbocycles. The number of nitriles is 1. The van der Waals surface area contributed by atoms with E-state index in [1.165, 1.54) is 38.6 Å². The molecule has 3 unspecified atom stereocenters. The summed E-state index contributed by atoms with van der Waals surface area (Å²) >= 11 is 0. The Kier molecular flexibility index (Phi) is 8.77. The fourth-order valence-electron chi connectivity index (χ4n) is 6.02. The number of aromatic nitrogens is 6. The number of anilines is 3. The van der Waals surface area contributed by atoms with E-state index >= 15 is 4.39 Å². The van der Waals surface area contributed by atoms with Gasteiger partial charge in [-0.3, -0.25) is 0 Å². The fraction of sp³-hybridized carbons (Fsp3) is 0.571. The van der Waals surface area contributed by atoms with Gasteiger partial charge in [-0.25, -0.2) is 14.2 Å². The summed E-state index contributed by atoms with van der Waals surface area (Å²) in [4.78, 5) is 24.0. The van der Waals surface area contributed by atoms with Gasteiger partial charge in [-0.2, -0.15) is 19.6 Å². The summed E-state index contributed by atoms with van der Waals surface area (Å²) in [5, 5.41) is 23.6. The molecule has 3 aliphatic heterocycles. The smallest absolute Gasteiger partial charge is 0.368 e. The molecule has 15 heteroatoms. The van der Waals surface area contributed by atoms with Crippen molar-refractivity contribution in [1.82, 2.24) is 34.7 Å². The minimum atomic E-state index is -0.668. The van der Waals surface area contributed by atoms with E-state index in [9.17, 15) is 10.1 Å². The summed E-state index contributed by atoms with van der Waals surface area (Å²) in [6.07, 6.45) is 7.01. The fourth-order valence-corrected chi connectivity index (χ4v) is 6.02. The standard InChI is InChI=1S/C28H35FN10O4/c1-37-28(40)39(36-35-37)24-12-22(21(29)11-25(24)43-17-20-16-41-9-10-42-20)33-27-32-15-19(13-30)26(34-27)31-14-18-5-4-8-38-7-3-2-6-23(18)38/h11-12,15,18,20,23H,2-10,14,16-17H2,1H3,(H2,31,32,33,34). The lowest BCUT2D eigenvalue weighted by Gasteiger charge is -2.44. The Hall–Kier alpha value is -4.13. The van der Waals surface area contributed by atoms with Crippen LogP contribution in [0.25, 0.3) is 5.69 Å². The number of tetrazole rings is 1. The summed E-state index contributed by atoms with van der Waals surface area (Å²) in [6, 6.07) is 5.21. The molecular formula is C28H35FN10O4. The lowest BCUT2D eigenvalue weighted by molar-refractivity contribution is -0.101. The summed E-state index contributed by atoms with van der Waals surface area (Å²) in [6.45, 7) is 4.33. The van der Waals surface area contributed by atoms with Crippen LogP contribution in [0, 0.1) is 23.1 Å². The summed E-state index contributed by atoms with van der Waals surface area (Å²) in [7, 11) is 1.46. The van der Waals surface area contributed by atoms with Crippen molar-refractivity contribution in [1.29, 1.82) is 5.26 Å². The van der Waals surface area contributed by atoms with E-state index in [1.54, 1.807) is 0 Å². The average Bonchev–Trinajstić information content (AvgIpc) is 3.37. The molecule has 3 saturated heterocycles. The zero-order valence-electron chi connectivity index (χ0n) is 24.0. The van der Waals surface area contributed by atoms with Crippen molar-refractivity contribution in [2.24, 2.45) is 13.0 Å². The predicted molar refractivity (Wildman–Crippen MR) is 153 cm³/mol. The van der Waals surface area contributed by atoms with Crippen LogP contribution in [0.2, 0.25) is 0 Å². The third kappa shape index (κ3) is 6.46. The molecule has 3 atom stereocenters. The van der Waals surface area contributed by atoms with Crippen molar-refractivity contribution >= 4 is 17.5 Å². The van der Waals surface area contributed by atoms with Gasteiger partial charge >= 0.3 is 5.69 Å². The number of halogens is 1. The van der Waals surface area contributed by atoms with Crippen LogP contribution >= 0.6 is 0 Å². The Morgan fingerprint density at radius 3 is 2.86 bits per heavy atom. The average molecular weight is 595 g/mol. The van der Waals surface area contributed by atoms with Crippen LogP contribution in [0.15, 0.2) is 23.1 Å². The van der Waals surface area contributed by atoms with Gasteiger partial charge in [0.1, 0.15) is 41.6 Å². The molecule has 3 fully saturated rings. The first-order valence-corrected chi connectivity index (χ1v) is 14.7. The summed E-state index contributed by atoms with van der Waals surface area (Å²) in [5.74, 6) is 0.330. The molecule has 2 aromatic heterocycles. The second kappa shape index (κ2) is 13.0. The number of nitrogens with zero attached hydrogens (tertiary/aromatic N) is 8. The highest BCUT2D eigenvalue weighted by Crippen LogP contribution is 2.32. The molecule has 228 valence electrons. The van der Waals surface area contributed by atoms with Crippen LogP contribution < -0.4 is 21.1 Å². The van der Waals surface area contributed by atoms with Gasteiger partial charge in [0.25, 0.3) is 0 Å². The number of aryl methyl sites for hydroxylation is 1. The van der Waals surface area contributed by atoms with E-state index < -0.39 is 11.5 Å². The number of nitrogens with one attached hydrogen (secondary N) is 2. The zero-order valence-corrected chi connectivity index (χ0v) is 24.0. The number of ether oxygens (including phenoxy) is 3. The molecule has 43 heavy (non-hydrogen) atoms. The van der Waals surface area contributed by atoms with E-state index in [1.807, 2.05) is 0 Å². The minimum absolute atomic E-state index is 0.0158. The highest BCUT2D eigenvalue weighted by molar-refractivity contribution is 5.64. The van der Waals surface area contributed by atoms with Crippen LogP contribution in [0.3, 0.4) is 0 Å². The van der Waals surface area contributed by atoms with E-state index in [0.717, 1.165) is 41.4 Å². The third-order valence-corrected chi connectivity index (χ3v) is 8.22. The van der Waals surface area contributed by atoms with E-state index in [2.05, 4.69) is 42.0 Å². The van der Waals surface area contributed by atoms with Gasteiger partial charge in [-0.05, 0) is 61.2 Å². The third-order valence-electron chi connectivity index (χ3n) is 8.22. The number of hydrogen-bond donors (Lipinski definition) is 2. The van der Waals surface area contributed by atoms with E-state index in [4.69, 9.17) is 14.2 Å². The zero-order chi connectivity index (χ0) is 29.8. The maximum atomic E-state index is 15.4. The van der Waals surface area contributed by atoms with Gasteiger partial charge in [0, 0.05) is 25.7 Å². The van der Waals surface area contributed by atoms with Crippen molar-refractivity contribution in [3.8, 4) is 17.5 Å².